The minimum Gasteiger partial charge on any atom is -0.452 e. The summed E-state index contributed by atoms with van der Waals surface area (Å²) in [5.74, 6) is -2.74. The second-order valence-electron chi connectivity index (χ2n) is 9.51. The van der Waals surface area contributed by atoms with Crippen molar-refractivity contribution in [2.45, 2.75) is 31.0 Å². The maximum Gasteiger partial charge on any atom is 0.338 e. The van der Waals surface area contributed by atoms with Crippen molar-refractivity contribution in [1.82, 2.24) is 0 Å². The molecule has 0 radical (unpaired) electrons. The van der Waals surface area contributed by atoms with E-state index in [1.807, 2.05) is 32.0 Å². The van der Waals surface area contributed by atoms with Gasteiger partial charge in [0.05, 0.1) is 33.8 Å². The van der Waals surface area contributed by atoms with Crippen molar-refractivity contribution < 1.29 is 23.9 Å². The number of fused-ring (bicyclic) bond motifs is 5. The monoisotopic (exact) mass is 514 g/mol. The third-order valence-corrected chi connectivity index (χ3v) is 8.67. The minimum atomic E-state index is -0.684. The van der Waals surface area contributed by atoms with E-state index in [2.05, 4.69) is 5.32 Å². The van der Waals surface area contributed by atoms with E-state index in [1.165, 1.54) is 29.2 Å². The fraction of sp³-hybridized carbons (Fsp3) is 0.385. The Bertz CT molecular complexity index is 1200. The topological polar surface area (TPSA) is 92.8 Å². The highest BCUT2D eigenvalue weighted by Gasteiger charge is 2.66. The highest BCUT2D eigenvalue weighted by Crippen LogP contribution is 2.59. The third-order valence-electron chi connectivity index (χ3n) is 7.35. The lowest BCUT2D eigenvalue weighted by molar-refractivity contribution is -0.123. The molecule has 2 aromatic carbocycles. The van der Waals surface area contributed by atoms with Crippen LogP contribution in [0.3, 0.4) is 0 Å². The van der Waals surface area contributed by atoms with Crippen LogP contribution in [-0.4, -0.2) is 41.1 Å². The summed E-state index contributed by atoms with van der Waals surface area (Å²) in [6.07, 6.45) is 0.699. The molecule has 2 aromatic rings. The number of benzene rings is 2. The first-order valence-corrected chi connectivity index (χ1v) is 12.3. The average molecular weight is 515 g/mol. The Hall–Kier alpha value is -2.90. The van der Waals surface area contributed by atoms with Gasteiger partial charge in [0.1, 0.15) is 0 Å². The van der Waals surface area contributed by atoms with Crippen LogP contribution in [0.15, 0.2) is 42.5 Å². The van der Waals surface area contributed by atoms with Crippen molar-refractivity contribution >= 4 is 58.3 Å². The van der Waals surface area contributed by atoms with Crippen molar-refractivity contribution in [2.75, 3.05) is 16.8 Å². The summed E-state index contributed by atoms with van der Waals surface area (Å²) in [5.41, 5.74) is 3.15. The number of ether oxygens (including phenoxy) is 1. The summed E-state index contributed by atoms with van der Waals surface area (Å²) in [4.78, 5) is 52.0. The Balaban J connectivity index is 1.22. The number of carbonyl (C=O) groups is 4. The Kier molecular flexibility index (Phi) is 6.09. The number of imide groups is 1. The Morgan fingerprint density at radius 2 is 1.57 bits per heavy atom. The van der Waals surface area contributed by atoms with E-state index < -0.39 is 30.3 Å². The highest BCUT2D eigenvalue weighted by molar-refractivity contribution is 6.32. The van der Waals surface area contributed by atoms with Crippen LogP contribution in [-0.2, 0) is 19.1 Å². The van der Waals surface area contributed by atoms with Gasteiger partial charge in [-0.05, 0) is 73.6 Å². The zero-order chi connectivity index (χ0) is 25.0. The third kappa shape index (κ3) is 4.00. The number of hydrogen-bond acceptors (Lipinski definition) is 5. The van der Waals surface area contributed by atoms with Crippen LogP contribution in [0, 0.1) is 37.5 Å². The predicted octanol–water partition coefficient (Wildman–Crippen LogP) is 4.07. The molecule has 0 spiro atoms. The number of nitrogens with zero attached hydrogens (tertiary/aromatic N) is 1. The van der Waals surface area contributed by atoms with Crippen molar-refractivity contribution in [3.05, 3.63) is 59.2 Å². The van der Waals surface area contributed by atoms with Crippen LogP contribution in [0.25, 0.3) is 0 Å². The normalized spacial score (nSPS) is 28.9. The van der Waals surface area contributed by atoms with Gasteiger partial charge in [-0.15, -0.1) is 23.2 Å². The molecular weight excluding hydrogens is 491 g/mol. The molecule has 3 fully saturated rings. The number of anilines is 2. The number of amides is 3. The van der Waals surface area contributed by atoms with Crippen molar-refractivity contribution in [1.29, 1.82) is 0 Å². The molecule has 3 aliphatic rings. The molecule has 35 heavy (non-hydrogen) atoms. The zero-order valence-electron chi connectivity index (χ0n) is 19.2. The van der Waals surface area contributed by atoms with Gasteiger partial charge in [-0.25, -0.2) is 4.79 Å². The van der Waals surface area contributed by atoms with Crippen LogP contribution >= 0.6 is 23.2 Å². The Labute approximate surface area is 212 Å². The quantitative estimate of drug-likeness (QED) is 0.368. The molecule has 7 nitrogen and oxygen atoms in total. The molecule has 1 aliphatic heterocycles. The van der Waals surface area contributed by atoms with Crippen LogP contribution in [0.2, 0.25) is 0 Å². The zero-order valence-corrected chi connectivity index (χ0v) is 20.7. The number of carbonyl (C=O) groups excluding carboxylic acids is 4. The summed E-state index contributed by atoms with van der Waals surface area (Å²) in [5, 5.41) is 2.10. The van der Waals surface area contributed by atoms with Gasteiger partial charge in [-0.2, -0.15) is 0 Å². The van der Waals surface area contributed by atoms with Gasteiger partial charge in [0, 0.05) is 5.69 Å². The number of hydrogen-bond donors (Lipinski definition) is 1. The number of rotatable bonds is 5. The van der Waals surface area contributed by atoms with Crippen molar-refractivity contribution in [2.24, 2.45) is 23.7 Å². The van der Waals surface area contributed by atoms with Crippen molar-refractivity contribution in [3.8, 4) is 0 Å². The first-order valence-electron chi connectivity index (χ1n) is 11.5. The number of halogens is 2. The minimum absolute atomic E-state index is 0.0976. The fourth-order valence-electron chi connectivity index (χ4n) is 5.62. The summed E-state index contributed by atoms with van der Waals surface area (Å²) in [6.45, 7) is 3.35. The average Bonchev–Trinajstić information content (AvgIpc) is 3.45. The van der Waals surface area contributed by atoms with E-state index >= 15 is 0 Å². The first kappa shape index (κ1) is 23.8. The number of nitrogens with one attached hydrogen (secondary N) is 1. The van der Waals surface area contributed by atoms with Gasteiger partial charge in [0.15, 0.2) is 6.61 Å². The molecule has 2 bridgehead atoms. The Morgan fingerprint density at radius 1 is 0.971 bits per heavy atom. The Morgan fingerprint density at radius 3 is 2.17 bits per heavy atom. The number of esters is 1. The van der Waals surface area contributed by atoms with Gasteiger partial charge in [-0.3, -0.25) is 19.3 Å². The molecule has 3 amide bonds. The lowest BCUT2D eigenvalue weighted by atomic mass is 9.80. The summed E-state index contributed by atoms with van der Waals surface area (Å²) >= 11 is 12.8. The lowest BCUT2D eigenvalue weighted by Gasteiger charge is -2.28. The lowest BCUT2D eigenvalue weighted by Crippen LogP contribution is -2.37. The van der Waals surface area contributed by atoms with Gasteiger partial charge in [0.25, 0.3) is 5.91 Å². The van der Waals surface area contributed by atoms with Crippen LogP contribution in [0.5, 0.6) is 0 Å². The van der Waals surface area contributed by atoms with Gasteiger partial charge < -0.3 is 10.1 Å². The smallest absolute Gasteiger partial charge is 0.338 e. The van der Waals surface area contributed by atoms with Gasteiger partial charge >= 0.3 is 5.97 Å². The highest BCUT2D eigenvalue weighted by atomic mass is 35.5. The molecule has 2 saturated carbocycles. The van der Waals surface area contributed by atoms with E-state index in [1.54, 1.807) is 0 Å². The van der Waals surface area contributed by atoms with Crippen LogP contribution in [0.4, 0.5) is 11.4 Å². The SMILES string of the molecule is Cc1ccc(C)c(NC(=O)COC(=O)c2ccc(N3C(=O)[C@@H]4[C@H]5C[C@@H]([C@H](Cl)[C@H]5Cl)[C@@H]4C3=O)cc2)c1. The van der Waals surface area contributed by atoms with E-state index in [9.17, 15) is 19.2 Å². The van der Waals surface area contributed by atoms with Crippen LogP contribution < -0.4 is 10.2 Å². The van der Waals surface area contributed by atoms with Gasteiger partial charge in [-0.1, -0.05) is 12.1 Å². The second kappa shape index (κ2) is 8.95. The molecule has 6 atom stereocenters. The fourth-order valence-corrected chi connectivity index (χ4v) is 6.51. The van der Waals surface area contributed by atoms with Crippen molar-refractivity contribution in [3.63, 3.8) is 0 Å². The predicted molar refractivity (Wildman–Crippen MR) is 132 cm³/mol. The first-order chi connectivity index (χ1) is 16.7. The summed E-state index contributed by atoms with van der Waals surface area (Å²) in [7, 11) is 0. The molecule has 9 heteroatoms. The maximum atomic E-state index is 13.1. The van der Waals surface area contributed by atoms with E-state index in [4.69, 9.17) is 27.9 Å². The molecular formula is C26H24Cl2N2O5. The summed E-state index contributed by atoms with van der Waals surface area (Å²) < 4.78 is 5.13. The number of alkyl halides is 2. The standard InChI is InChI=1S/C26H24Cl2N2O5/c1-12-3-4-13(2)18(9-12)29-19(31)11-35-26(34)14-5-7-15(8-6-14)30-24(32)20-16-10-17(21(20)25(30)33)23(28)22(16)27/h3-9,16-17,20-23H,10-11H2,1-2H3,(H,29,31)/t16-,17-,20-,21+,22+,23+/m1/s1. The van der Waals surface area contributed by atoms with Gasteiger partial charge in [0.2, 0.25) is 11.8 Å². The largest absolute Gasteiger partial charge is 0.452 e. The van der Waals surface area contributed by atoms with Crippen LogP contribution in [0.1, 0.15) is 27.9 Å². The maximum absolute atomic E-state index is 13.1. The molecule has 5 rings (SSSR count). The van der Waals surface area contributed by atoms with E-state index in [0.29, 0.717) is 17.8 Å². The number of aryl methyl sites for hydroxylation is 2. The second-order valence-corrected chi connectivity index (χ2v) is 10.5. The molecule has 2 aliphatic carbocycles. The van der Waals surface area contributed by atoms with E-state index in [0.717, 1.165) is 11.1 Å². The molecule has 1 N–H and O–H groups in total. The molecule has 0 aromatic heterocycles. The molecule has 182 valence electrons. The molecule has 1 heterocycles. The molecule has 0 unspecified atom stereocenters. The summed E-state index contributed by atoms with van der Waals surface area (Å²) in [6, 6.07) is 11.7. The molecule has 1 saturated heterocycles. The van der Waals surface area contributed by atoms with E-state index in [-0.39, 0.29) is 40.0 Å².